The summed E-state index contributed by atoms with van der Waals surface area (Å²) in [4.78, 5) is 24.7. The molecule has 5 rings (SSSR count). The van der Waals surface area contributed by atoms with Crippen molar-refractivity contribution in [2.24, 2.45) is 5.92 Å². The third-order valence-electron chi connectivity index (χ3n) is 5.32. The van der Waals surface area contributed by atoms with Crippen LogP contribution in [0.1, 0.15) is 54.1 Å². The minimum Gasteiger partial charge on any atom is -0.360 e. The van der Waals surface area contributed by atoms with Crippen LogP contribution in [0.25, 0.3) is 10.2 Å². The first-order valence-corrected chi connectivity index (χ1v) is 11.5. The Morgan fingerprint density at radius 2 is 2.21 bits per heavy atom. The highest BCUT2D eigenvalue weighted by atomic mass is 32.2. The van der Waals surface area contributed by atoms with Gasteiger partial charge in [-0.3, -0.25) is 4.79 Å². The molecule has 0 bridgehead atoms. The third kappa shape index (κ3) is 3.55. The van der Waals surface area contributed by atoms with Crippen molar-refractivity contribution < 1.29 is 9.32 Å². The van der Waals surface area contributed by atoms with Crippen LogP contribution in [0.3, 0.4) is 0 Å². The van der Waals surface area contributed by atoms with Gasteiger partial charge in [0.2, 0.25) is 5.91 Å². The molecule has 146 valence electrons. The van der Waals surface area contributed by atoms with Crippen LogP contribution in [0.2, 0.25) is 0 Å². The Morgan fingerprint density at radius 3 is 2.96 bits per heavy atom. The van der Waals surface area contributed by atoms with Gasteiger partial charge in [-0.1, -0.05) is 23.8 Å². The average molecular weight is 415 g/mol. The quantitative estimate of drug-likeness (QED) is 0.481. The van der Waals surface area contributed by atoms with E-state index in [0.717, 1.165) is 34.4 Å². The molecule has 3 heterocycles. The first-order valence-electron chi connectivity index (χ1n) is 9.75. The van der Waals surface area contributed by atoms with Crippen LogP contribution in [0.5, 0.6) is 0 Å². The molecular formula is C20H22N4O2S2. The van der Waals surface area contributed by atoms with Gasteiger partial charge < -0.3 is 9.84 Å². The van der Waals surface area contributed by atoms with E-state index in [4.69, 9.17) is 14.5 Å². The van der Waals surface area contributed by atoms with E-state index in [0.29, 0.717) is 23.2 Å². The molecule has 3 aromatic heterocycles. The van der Waals surface area contributed by atoms with Crippen molar-refractivity contribution in [3.63, 3.8) is 0 Å². The molecule has 0 aliphatic heterocycles. The number of nitrogens with zero attached hydrogens (tertiary/aromatic N) is 3. The second-order valence-electron chi connectivity index (χ2n) is 7.85. The molecule has 0 aromatic carbocycles. The Bertz CT molecular complexity index is 1050. The minimum atomic E-state index is -0.101. The molecule has 3 aromatic rings. The highest BCUT2D eigenvalue weighted by Crippen LogP contribution is 2.44. The number of hydrogen-bond acceptors (Lipinski definition) is 7. The maximum Gasteiger partial charge on any atom is 0.236 e. The summed E-state index contributed by atoms with van der Waals surface area (Å²) in [7, 11) is 0. The highest BCUT2D eigenvalue weighted by Gasteiger charge is 2.30. The van der Waals surface area contributed by atoms with Crippen molar-refractivity contribution in [1.82, 2.24) is 15.1 Å². The monoisotopic (exact) mass is 414 g/mol. The molecule has 1 fully saturated rings. The van der Waals surface area contributed by atoms with E-state index in [-0.39, 0.29) is 5.91 Å². The zero-order chi connectivity index (χ0) is 19.3. The lowest BCUT2D eigenvalue weighted by Gasteiger charge is -2.18. The molecule has 0 spiro atoms. The highest BCUT2D eigenvalue weighted by molar-refractivity contribution is 8.00. The number of carbonyl (C=O) groups excluding carboxylic acids is 1. The lowest BCUT2D eigenvalue weighted by Crippen LogP contribution is -2.14. The number of aromatic nitrogens is 3. The van der Waals surface area contributed by atoms with Crippen molar-refractivity contribution in [3.8, 4) is 0 Å². The van der Waals surface area contributed by atoms with Gasteiger partial charge in [-0.15, -0.1) is 11.3 Å². The Labute approximate surface area is 171 Å². The lowest BCUT2D eigenvalue weighted by molar-refractivity contribution is -0.113. The number of anilines is 1. The molecule has 1 amide bonds. The summed E-state index contributed by atoms with van der Waals surface area (Å²) in [6, 6.07) is 1.72. The normalized spacial score (nSPS) is 19.0. The van der Waals surface area contributed by atoms with E-state index in [2.05, 4.69) is 17.4 Å². The summed E-state index contributed by atoms with van der Waals surface area (Å²) < 4.78 is 5.00. The zero-order valence-electron chi connectivity index (χ0n) is 15.9. The summed E-state index contributed by atoms with van der Waals surface area (Å²) >= 11 is 3.34. The topological polar surface area (TPSA) is 80.9 Å². The molecular weight excluding hydrogens is 392 g/mol. The number of thioether (sulfide) groups is 1. The van der Waals surface area contributed by atoms with Crippen LogP contribution in [0.15, 0.2) is 15.6 Å². The number of hydrogen-bond donors (Lipinski definition) is 1. The van der Waals surface area contributed by atoms with Gasteiger partial charge in [-0.2, -0.15) is 0 Å². The molecule has 0 saturated heterocycles. The summed E-state index contributed by atoms with van der Waals surface area (Å²) in [5, 5.41) is 8.76. The first kappa shape index (κ1) is 18.1. The van der Waals surface area contributed by atoms with Crippen LogP contribution in [0.4, 0.5) is 5.82 Å². The van der Waals surface area contributed by atoms with Crippen molar-refractivity contribution in [2.45, 2.75) is 56.9 Å². The Hall–Kier alpha value is -1.93. The Morgan fingerprint density at radius 1 is 1.36 bits per heavy atom. The summed E-state index contributed by atoms with van der Waals surface area (Å²) in [5.74, 6) is 3.50. The van der Waals surface area contributed by atoms with Crippen LogP contribution < -0.4 is 5.32 Å². The van der Waals surface area contributed by atoms with Gasteiger partial charge in [-0.25, -0.2) is 9.97 Å². The van der Waals surface area contributed by atoms with Gasteiger partial charge in [0.05, 0.1) is 5.75 Å². The summed E-state index contributed by atoms with van der Waals surface area (Å²) in [6.45, 7) is 4.12. The smallest absolute Gasteiger partial charge is 0.236 e. The zero-order valence-corrected chi connectivity index (χ0v) is 17.6. The molecule has 2 aliphatic rings. The maximum absolute atomic E-state index is 12.4. The van der Waals surface area contributed by atoms with Crippen LogP contribution in [-0.4, -0.2) is 26.8 Å². The first-order chi connectivity index (χ1) is 13.6. The fourth-order valence-electron chi connectivity index (χ4n) is 3.69. The molecule has 0 radical (unpaired) electrons. The van der Waals surface area contributed by atoms with Gasteiger partial charge >= 0.3 is 0 Å². The SMILES string of the molecule is Cc1cc(NC(=O)CSc2nc(C3CC3)nc3sc4c(c23)CC[C@@H](C)C4)no1. The fraction of sp³-hybridized carbons (Fsp3) is 0.500. The van der Waals surface area contributed by atoms with E-state index < -0.39 is 0 Å². The fourth-order valence-corrected chi connectivity index (χ4v) is 6.01. The van der Waals surface area contributed by atoms with E-state index in [9.17, 15) is 4.79 Å². The predicted octanol–water partition coefficient (Wildman–Crippen LogP) is 4.72. The van der Waals surface area contributed by atoms with Gasteiger partial charge in [0.1, 0.15) is 21.4 Å². The van der Waals surface area contributed by atoms with Crippen molar-refractivity contribution >= 4 is 45.0 Å². The molecule has 8 heteroatoms. The molecule has 1 atom stereocenters. The van der Waals surface area contributed by atoms with Crippen LogP contribution >= 0.6 is 23.1 Å². The number of carbonyl (C=O) groups is 1. The van der Waals surface area contributed by atoms with E-state index in [1.54, 1.807) is 13.0 Å². The lowest BCUT2D eigenvalue weighted by atomic mass is 9.89. The summed E-state index contributed by atoms with van der Waals surface area (Å²) in [6.07, 6.45) is 5.76. The van der Waals surface area contributed by atoms with Gasteiger partial charge in [0.25, 0.3) is 0 Å². The molecule has 28 heavy (non-hydrogen) atoms. The van der Waals surface area contributed by atoms with Gasteiger partial charge in [0, 0.05) is 22.2 Å². The number of nitrogens with one attached hydrogen (secondary N) is 1. The van der Waals surface area contributed by atoms with Crippen molar-refractivity contribution in [3.05, 3.63) is 28.1 Å². The molecule has 1 N–H and O–H groups in total. The number of amides is 1. The van der Waals surface area contributed by atoms with Crippen molar-refractivity contribution in [1.29, 1.82) is 0 Å². The van der Waals surface area contributed by atoms with E-state index in [1.165, 1.54) is 46.9 Å². The molecule has 2 aliphatic carbocycles. The molecule has 0 unspecified atom stereocenters. The Kier molecular flexibility index (Phi) is 4.63. The maximum atomic E-state index is 12.4. The van der Waals surface area contributed by atoms with Gasteiger partial charge in [-0.05, 0) is 50.5 Å². The van der Waals surface area contributed by atoms with E-state index >= 15 is 0 Å². The van der Waals surface area contributed by atoms with E-state index in [1.807, 2.05) is 11.3 Å². The largest absolute Gasteiger partial charge is 0.360 e. The molecule has 6 nitrogen and oxygen atoms in total. The van der Waals surface area contributed by atoms with Gasteiger partial charge in [0.15, 0.2) is 5.82 Å². The Balaban J connectivity index is 1.42. The van der Waals surface area contributed by atoms with Crippen LogP contribution in [-0.2, 0) is 17.6 Å². The molecule has 1 saturated carbocycles. The standard InChI is InChI=1S/C20H22N4O2S2/c1-10-3-6-13-14(7-10)28-20-17(13)19(22-18(23-20)12-4-5-12)27-9-16(25)21-15-8-11(2)26-24-15/h8,10,12H,3-7,9H2,1-2H3,(H,21,24,25)/t10-/m1/s1. The minimum absolute atomic E-state index is 0.101. The van der Waals surface area contributed by atoms with Crippen LogP contribution in [0, 0.1) is 12.8 Å². The number of fused-ring (bicyclic) bond motifs is 3. The second kappa shape index (κ2) is 7.15. The third-order valence-corrected chi connectivity index (χ3v) is 7.44. The number of aryl methyl sites for hydroxylation is 2. The number of rotatable bonds is 5. The number of thiophene rings is 1. The summed E-state index contributed by atoms with van der Waals surface area (Å²) in [5.41, 5.74) is 1.41. The predicted molar refractivity (Wildman–Crippen MR) is 111 cm³/mol. The van der Waals surface area contributed by atoms with Crippen molar-refractivity contribution in [2.75, 3.05) is 11.1 Å². The second-order valence-corrected chi connectivity index (χ2v) is 9.90. The average Bonchev–Trinajstić information content (AvgIpc) is 3.34.